The molecule has 2 aromatic rings. The molecule has 0 spiro atoms. The van der Waals surface area contributed by atoms with Gasteiger partial charge in [-0.25, -0.2) is 4.79 Å². The normalized spacial score (nSPS) is 13.7. The van der Waals surface area contributed by atoms with Crippen LogP contribution in [-0.4, -0.2) is 29.8 Å². The second kappa shape index (κ2) is 5.30. The van der Waals surface area contributed by atoms with Gasteiger partial charge in [0.05, 0.1) is 11.4 Å². The molecule has 0 bridgehead atoms. The van der Waals surface area contributed by atoms with Crippen LogP contribution in [0.3, 0.4) is 0 Å². The average molecular weight is 332 g/mol. The largest absolute Gasteiger partial charge is 0.506 e. The molecular formula is C15H12N2O7. The zero-order chi connectivity index (χ0) is 16.7. The number of carbonyl (C=O) groups excluding carboxylic acids is 1. The van der Waals surface area contributed by atoms with E-state index in [1.54, 1.807) is 0 Å². The van der Waals surface area contributed by atoms with Gasteiger partial charge in [0.15, 0.2) is 23.0 Å². The number of ether oxygens (including phenoxy) is 4. The molecule has 0 aromatic heterocycles. The summed E-state index contributed by atoms with van der Waals surface area (Å²) in [6, 6.07) is 4.90. The zero-order valence-electron chi connectivity index (χ0n) is 12.2. The minimum atomic E-state index is -0.668. The van der Waals surface area contributed by atoms with Crippen LogP contribution in [0.4, 0.5) is 16.2 Å². The number of hydrogen-bond donors (Lipinski definition) is 4. The third-order valence-electron chi connectivity index (χ3n) is 3.48. The van der Waals surface area contributed by atoms with Crippen molar-refractivity contribution in [3.8, 4) is 34.5 Å². The Balaban J connectivity index is 1.52. The van der Waals surface area contributed by atoms with E-state index in [9.17, 15) is 15.0 Å². The lowest BCUT2D eigenvalue weighted by atomic mass is 10.2. The molecule has 124 valence electrons. The molecule has 2 aliphatic rings. The molecule has 2 heterocycles. The van der Waals surface area contributed by atoms with Gasteiger partial charge in [0.25, 0.3) is 0 Å². The Labute approximate surface area is 135 Å². The van der Waals surface area contributed by atoms with E-state index in [0.29, 0.717) is 23.0 Å². The van der Waals surface area contributed by atoms with Gasteiger partial charge in [-0.2, -0.15) is 0 Å². The molecule has 0 radical (unpaired) electrons. The van der Waals surface area contributed by atoms with E-state index in [4.69, 9.17) is 18.9 Å². The number of carbonyl (C=O) groups is 1. The van der Waals surface area contributed by atoms with E-state index in [1.807, 2.05) is 0 Å². The van der Waals surface area contributed by atoms with E-state index in [2.05, 4.69) is 10.6 Å². The first kappa shape index (κ1) is 14.1. The average Bonchev–Trinajstić information content (AvgIpc) is 3.16. The minimum Gasteiger partial charge on any atom is -0.506 e. The molecule has 24 heavy (non-hydrogen) atoms. The molecule has 0 atom stereocenters. The van der Waals surface area contributed by atoms with Crippen LogP contribution >= 0.6 is 0 Å². The Morgan fingerprint density at radius 3 is 1.54 bits per heavy atom. The number of aromatic hydroxyl groups is 2. The van der Waals surface area contributed by atoms with Crippen molar-refractivity contribution in [3.63, 3.8) is 0 Å². The Hall–Kier alpha value is -3.49. The highest BCUT2D eigenvalue weighted by Gasteiger charge is 2.20. The summed E-state index contributed by atoms with van der Waals surface area (Å²) in [7, 11) is 0. The number of anilines is 2. The summed E-state index contributed by atoms with van der Waals surface area (Å²) in [6.07, 6.45) is 0. The van der Waals surface area contributed by atoms with Crippen LogP contribution < -0.4 is 29.6 Å². The number of rotatable bonds is 2. The van der Waals surface area contributed by atoms with Crippen molar-refractivity contribution in [2.24, 2.45) is 0 Å². The standard InChI is InChI=1S/C15H12N2O7/c18-9-3-13-11(21-5-23-13)1-7(9)16-15(20)17-8-2-12-14(4-10(8)19)24-6-22-12/h1-4,18-19H,5-6H2,(H2,16,17,20). The SMILES string of the molecule is O=C(Nc1cc2c(cc1O)OCO2)Nc1cc2c(cc1O)OCO2. The molecule has 0 unspecified atom stereocenters. The predicted octanol–water partition coefficient (Wildman–Crippen LogP) is 2.20. The summed E-state index contributed by atoms with van der Waals surface area (Å²) in [5.74, 6) is 1.26. The topological polar surface area (TPSA) is 119 Å². The highest BCUT2D eigenvalue weighted by atomic mass is 16.7. The Morgan fingerprint density at radius 1 is 0.750 bits per heavy atom. The molecular weight excluding hydrogens is 320 g/mol. The maximum absolute atomic E-state index is 12.1. The van der Waals surface area contributed by atoms with Crippen LogP contribution in [0.2, 0.25) is 0 Å². The van der Waals surface area contributed by atoms with Gasteiger partial charge < -0.3 is 39.8 Å². The molecule has 2 aliphatic heterocycles. The summed E-state index contributed by atoms with van der Waals surface area (Å²) in [5.41, 5.74) is 0.272. The van der Waals surface area contributed by atoms with Crippen LogP contribution in [0.1, 0.15) is 0 Å². The molecule has 0 aliphatic carbocycles. The van der Waals surface area contributed by atoms with Crippen molar-refractivity contribution in [1.82, 2.24) is 0 Å². The second-order valence-corrected chi connectivity index (χ2v) is 5.02. The molecule has 0 saturated carbocycles. The first-order valence-corrected chi connectivity index (χ1v) is 6.93. The predicted molar refractivity (Wildman–Crippen MR) is 81.1 cm³/mol. The third kappa shape index (κ3) is 2.41. The number of benzene rings is 2. The fourth-order valence-electron chi connectivity index (χ4n) is 2.34. The molecule has 4 N–H and O–H groups in total. The highest BCUT2D eigenvalue weighted by molar-refractivity contribution is 6.02. The molecule has 0 saturated heterocycles. The summed E-state index contributed by atoms with van der Waals surface area (Å²) in [6.45, 7) is 0.102. The van der Waals surface area contributed by atoms with Crippen molar-refractivity contribution in [2.75, 3.05) is 24.2 Å². The van der Waals surface area contributed by atoms with Crippen LogP contribution in [0.5, 0.6) is 34.5 Å². The van der Waals surface area contributed by atoms with Gasteiger partial charge in [-0.1, -0.05) is 0 Å². The van der Waals surface area contributed by atoms with E-state index >= 15 is 0 Å². The maximum Gasteiger partial charge on any atom is 0.323 e. The van der Waals surface area contributed by atoms with Crippen molar-refractivity contribution in [2.45, 2.75) is 0 Å². The van der Waals surface area contributed by atoms with Gasteiger partial charge in [0.1, 0.15) is 11.5 Å². The summed E-state index contributed by atoms with van der Waals surface area (Å²) in [4.78, 5) is 12.1. The first-order valence-electron chi connectivity index (χ1n) is 6.93. The van der Waals surface area contributed by atoms with Crippen molar-refractivity contribution in [1.29, 1.82) is 0 Å². The molecule has 0 fully saturated rings. The summed E-state index contributed by atoms with van der Waals surface area (Å²) >= 11 is 0. The maximum atomic E-state index is 12.1. The highest BCUT2D eigenvalue weighted by Crippen LogP contribution is 2.41. The van der Waals surface area contributed by atoms with Crippen LogP contribution in [0, 0.1) is 0 Å². The van der Waals surface area contributed by atoms with Crippen molar-refractivity contribution in [3.05, 3.63) is 24.3 Å². The van der Waals surface area contributed by atoms with Crippen molar-refractivity contribution >= 4 is 17.4 Å². The molecule has 9 nitrogen and oxygen atoms in total. The fraction of sp³-hybridized carbons (Fsp3) is 0.133. The molecule has 2 amide bonds. The van der Waals surface area contributed by atoms with E-state index < -0.39 is 6.03 Å². The molecule has 2 aromatic carbocycles. The molecule has 4 rings (SSSR count). The van der Waals surface area contributed by atoms with E-state index in [0.717, 1.165) is 0 Å². The number of nitrogens with one attached hydrogen (secondary N) is 2. The lowest BCUT2D eigenvalue weighted by Gasteiger charge is -2.11. The summed E-state index contributed by atoms with van der Waals surface area (Å²) in [5, 5.41) is 24.7. The fourth-order valence-corrected chi connectivity index (χ4v) is 2.34. The third-order valence-corrected chi connectivity index (χ3v) is 3.48. The second-order valence-electron chi connectivity index (χ2n) is 5.02. The van der Waals surface area contributed by atoms with Crippen molar-refractivity contribution < 1.29 is 34.0 Å². The van der Waals surface area contributed by atoms with Gasteiger partial charge in [0, 0.05) is 24.3 Å². The van der Waals surface area contributed by atoms with Crippen LogP contribution in [0.25, 0.3) is 0 Å². The number of amides is 2. The Bertz CT molecular complexity index is 770. The van der Waals surface area contributed by atoms with Gasteiger partial charge in [-0.05, 0) is 0 Å². The van der Waals surface area contributed by atoms with Gasteiger partial charge in [-0.3, -0.25) is 0 Å². The van der Waals surface area contributed by atoms with E-state index in [1.165, 1.54) is 24.3 Å². The monoisotopic (exact) mass is 332 g/mol. The van der Waals surface area contributed by atoms with Crippen LogP contribution in [0.15, 0.2) is 24.3 Å². The lowest BCUT2D eigenvalue weighted by molar-refractivity contribution is 0.173. The smallest absolute Gasteiger partial charge is 0.323 e. The van der Waals surface area contributed by atoms with Crippen LogP contribution in [-0.2, 0) is 0 Å². The summed E-state index contributed by atoms with van der Waals surface area (Å²) < 4.78 is 20.6. The minimum absolute atomic E-state index is 0.0511. The number of phenolic OH excluding ortho intramolecular Hbond substituents is 2. The number of fused-ring (bicyclic) bond motifs is 2. The molecule has 9 heteroatoms. The Morgan fingerprint density at radius 2 is 1.12 bits per heavy atom. The number of hydrogen-bond acceptors (Lipinski definition) is 7. The Kier molecular flexibility index (Phi) is 3.12. The van der Waals surface area contributed by atoms with E-state index in [-0.39, 0.29) is 36.5 Å². The lowest BCUT2D eigenvalue weighted by Crippen LogP contribution is -2.19. The quantitative estimate of drug-likeness (QED) is 0.623. The number of urea groups is 1. The first-order chi connectivity index (χ1) is 11.6. The zero-order valence-corrected chi connectivity index (χ0v) is 12.2. The van der Waals surface area contributed by atoms with Gasteiger partial charge in [-0.15, -0.1) is 0 Å². The van der Waals surface area contributed by atoms with Gasteiger partial charge >= 0.3 is 6.03 Å². The van der Waals surface area contributed by atoms with Gasteiger partial charge in [0.2, 0.25) is 13.6 Å². The number of phenols is 2.